The van der Waals surface area contributed by atoms with E-state index < -0.39 is 23.5 Å². The number of aryl methyl sites for hydroxylation is 1. The molecule has 5 rings (SSSR count). The number of Topliss-reactive ketones (excluding diaryl/α,β-unsaturated/α-hetero) is 1. The van der Waals surface area contributed by atoms with Crippen LogP contribution in [0.5, 0.6) is 5.75 Å². The van der Waals surface area contributed by atoms with Crippen molar-refractivity contribution in [3.63, 3.8) is 0 Å². The highest BCUT2D eigenvalue weighted by Crippen LogP contribution is 2.43. The molecule has 1 unspecified atom stereocenters. The van der Waals surface area contributed by atoms with Gasteiger partial charge in [-0.3, -0.25) is 14.5 Å². The van der Waals surface area contributed by atoms with Crippen LogP contribution in [-0.4, -0.2) is 23.4 Å². The summed E-state index contributed by atoms with van der Waals surface area (Å²) in [4.78, 5) is 28.7. The Balaban J connectivity index is 1.58. The fourth-order valence-electron chi connectivity index (χ4n) is 4.52. The van der Waals surface area contributed by atoms with Gasteiger partial charge >= 0.3 is 0 Å². The molecule has 0 saturated carbocycles. The largest absolute Gasteiger partial charge is 0.503 e. The monoisotopic (exact) mass is 559 g/mol. The third kappa shape index (κ3) is 4.67. The summed E-state index contributed by atoms with van der Waals surface area (Å²) >= 11 is 3.43. The smallest absolute Gasteiger partial charge is 0.294 e. The zero-order valence-electron chi connectivity index (χ0n) is 20.7. The van der Waals surface area contributed by atoms with Gasteiger partial charge in [-0.2, -0.15) is 0 Å². The van der Waals surface area contributed by atoms with Crippen molar-refractivity contribution in [1.82, 2.24) is 0 Å². The van der Waals surface area contributed by atoms with Crippen molar-refractivity contribution in [2.75, 3.05) is 11.5 Å². The lowest BCUT2D eigenvalue weighted by atomic mass is 9.92. The molecule has 4 aromatic rings. The summed E-state index contributed by atoms with van der Waals surface area (Å²) in [6, 6.07) is 20.8. The maximum Gasteiger partial charge on any atom is 0.294 e. The van der Waals surface area contributed by atoms with Gasteiger partial charge < -0.3 is 14.3 Å². The summed E-state index contributed by atoms with van der Waals surface area (Å²) in [6.45, 7) is 6.62. The average molecular weight is 560 g/mol. The fraction of sp³-hybridized carbons (Fsp3) is 0.200. The van der Waals surface area contributed by atoms with Gasteiger partial charge in [0.2, 0.25) is 5.78 Å². The second kappa shape index (κ2) is 9.90. The number of aliphatic hydroxyl groups excluding tert-OH is 1. The molecular weight excluding hydrogens is 534 g/mol. The second-order valence-electron chi connectivity index (χ2n) is 9.52. The summed E-state index contributed by atoms with van der Waals surface area (Å²) < 4.78 is 12.5. The van der Waals surface area contributed by atoms with E-state index in [1.54, 1.807) is 36.4 Å². The van der Waals surface area contributed by atoms with Crippen LogP contribution in [0.3, 0.4) is 0 Å². The minimum absolute atomic E-state index is 0.0162. The molecule has 0 spiro atoms. The number of ether oxygens (including phenoxy) is 1. The molecule has 0 radical (unpaired) electrons. The van der Waals surface area contributed by atoms with Crippen molar-refractivity contribution in [2.24, 2.45) is 5.92 Å². The highest BCUT2D eigenvalue weighted by Gasteiger charge is 2.45. The summed E-state index contributed by atoms with van der Waals surface area (Å²) in [5.41, 5.74) is 2.69. The summed E-state index contributed by atoms with van der Waals surface area (Å²) in [6.07, 6.45) is 0. The summed E-state index contributed by atoms with van der Waals surface area (Å²) in [5, 5.41) is 11.8. The number of carbonyl (C=O) groups is 2. The predicted octanol–water partition coefficient (Wildman–Crippen LogP) is 7.32. The lowest BCUT2D eigenvalue weighted by Gasteiger charge is -2.28. The van der Waals surface area contributed by atoms with Crippen LogP contribution in [0, 0.1) is 12.8 Å². The number of anilines is 1. The molecule has 1 aliphatic rings. The first-order valence-electron chi connectivity index (χ1n) is 12.0. The van der Waals surface area contributed by atoms with Crippen LogP contribution >= 0.6 is 15.9 Å². The maximum absolute atomic E-state index is 13.8. The van der Waals surface area contributed by atoms with Crippen molar-refractivity contribution < 1.29 is 23.8 Å². The van der Waals surface area contributed by atoms with Gasteiger partial charge in [0, 0.05) is 15.5 Å². The van der Waals surface area contributed by atoms with E-state index in [0.717, 1.165) is 21.0 Å². The average Bonchev–Trinajstić information content (AvgIpc) is 3.41. The highest BCUT2D eigenvalue weighted by molar-refractivity contribution is 9.10. The Hall–Kier alpha value is -3.84. The van der Waals surface area contributed by atoms with Crippen LogP contribution in [0.25, 0.3) is 11.0 Å². The third-order valence-corrected chi connectivity index (χ3v) is 6.83. The number of fused-ring (bicyclic) bond motifs is 1. The van der Waals surface area contributed by atoms with Crippen molar-refractivity contribution >= 4 is 44.3 Å². The molecule has 1 atom stereocenters. The number of halogens is 1. The first-order valence-corrected chi connectivity index (χ1v) is 12.8. The van der Waals surface area contributed by atoms with E-state index >= 15 is 0 Å². The van der Waals surface area contributed by atoms with E-state index in [1.165, 1.54) is 4.90 Å². The Morgan fingerprint density at radius 3 is 2.51 bits per heavy atom. The van der Waals surface area contributed by atoms with Crippen LogP contribution in [0.2, 0.25) is 0 Å². The SMILES string of the molecule is Cc1ccccc1C1C(C(=O)c2cc3cc(Br)ccc3o2)=C(O)C(=O)N1c1ccc(OCC(C)C)cc1. The lowest BCUT2D eigenvalue weighted by molar-refractivity contribution is -0.117. The van der Waals surface area contributed by atoms with Gasteiger partial charge in [0.25, 0.3) is 5.91 Å². The Morgan fingerprint density at radius 2 is 1.81 bits per heavy atom. The minimum Gasteiger partial charge on any atom is -0.503 e. The number of benzene rings is 3. The number of furan rings is 1. The number of hydrogen-bond donors (Lipinski definition) is 1. The van der Waals surface area contributed by atoms with Crippen LogP contribution in [-0.2, 0) is 4.79 Å². The molecular formula is C30H26BrNO5. The quantitative estimate of drug-likeness (QED) is 0.240. The van der Waals surface area contributed by atoms with Gasteiger partial charge in [-0.05, 0) is 72.5 Å². The lowest BCUT2D eigenvalue weighted by Crippen LogP contribution is -2.31. The van der Waals surface area contributed by atoms with E-state index in [4.69, 9.17) is 9.15 Å². The number of amides is 1. The van der Waals surface area contributed by atoms with E-state index in [0.29, 0.717) is 29.5 Å². The Kier molecular flexibility index (Phi) is 6.65. The third-order valence-electron chi connectivity index (χ3n) is 6.34. The molecule has 1 amide bonds. The van der Waals surface area contributed by atoms with E-state index in [1.807, 2.05) is 43.3 Å². The van der Waals surface area contributed by atoms with Crippen LogP contribution in [0.1, 0.15) is 41.6 Å². The Bertz CT molecular complexity index is 1530. The van der Waals surface area contributed by atoms with Gasteiger partial charge in [0.15, 0.2) is 11.5 Å². The van der Waals surface area contributed by atoms with Gasteiger partial charge in [0.1, 0.15) is 11.3 Å². The molecule has 188 valence electrons. The number of hydrogen-bond acceptors (Lipinski definition) is 5. The maximum atomic E-state index is 13.8. The number of carbonyl (C=O) groups excluding carboxylic acids is 2. The van der Waals surface area contributed by atoms with E-state index in [-0.39, 0.29) is 11.3 Å². The number of aliphatic hydroxyl groups is 1. The molecule has 1 N–H and O–H groups in total. The van der Waals surface area contributed by atoms with E-state index in [9.17, 15) is 14.7 Å². The molecule has 1 aliphatic heterocycles. The number of nitrogens with zero attached hydrogens (tertiary/aromatic N) is 1. The highest BCUT2D eigenvalue weighted by atomic mass is 79.9. The summed E-state index contributed by atoms with van der Waals surface area (Å²) in [7, 11) is 0. The van der Waals surface area contributed by atoms with Crippen LogP contribution < -0.4 is 9.64 Å². The van der Waals surface area contributed by atoms with E-state index in [2.05, 4.69) is 29.8 Å². The van der Waals surface area contributed by atoms with Gasteiger partial charge in [0.05, 0.1) is 18.2 Å². The number of ketones is 1. The van der Waals surface area contributed by atoms with Gasteiger partial charge in [-0.15, -0.1) is 0 Å². The molecule has 0 fully saturated rings. The van der Waals surface area contributed by atoms with Crippen molar-refractivity contribution in [2.45, 2.75) is 26.8 Å². The number of rotatable bonds is 7. The molecule has 7 heteroatoms. The molecule has 3 aromatic carbocycles. The molecule has 1 aromatic heterocycles. The fourth-order valence-corrected chi connectivity index (χ4v) is 4.89. The molecule has 0 bridgehead atoms. The van der Waals surface area contributed by atoms with Crippen molar-refractivity contribution in [1.29, 1.82) is 0 Å². The van der Waals surface area contributed by atoms with Gasteiger partial charge in [-0.1, -0.05) is 54.0 Å². The van der Waals surface area contributed by atoms with Gasteiger partial charge in [-0.25, -0.2) is 0 Å². The first kappa shape index (κ1) is 24.8. The van der Waals surface area contributed by atoms with Crippen molar-refractivity contribution in [3.8, 4) is 5.75 Å². The van der Waals surface area contributed by atoms with Crippen LogP contribution in [0.4, 0.5) is 5.69 Å². The molecule has 0 saturated heterocycles. The van der Waals surface area contributed by atoms with Crippen molar-refractivity contribution in [3.05, 3.63) is 105 Å². The topological polar surface area (TPSA) is 80.0 Å². The molecule has 6 nitrogen and oxygen atoms in total. The Morgan fingerprint density at radius 1 is 1.08 bits per heavy atom. The zero-order valence-corrected chi connectivity index (χ0v) is 22.3. The van der Waals surface area contributed by atoms with Crippen LogP contribution in [0.15, 0.2) is 93.0 Å². The first-order chi connectivity index (χ1) is 17.7. The zero-order chi connectivity index (χ0) is 26.3. The Labute approximate surface area is 223 Å². The predicted molar refractivity (Wildman–Crippen MR) is 146 cm³/mol. The normalized spacial score (nSPS) is 15.8. The molecule has 37 heavy (non-hydrogen) atoms. The summed E-state index contributed by atoms with van der Waals surface area (Å²) in [5.74, 6) is -0.657. The second-order valence-corrected chi connectivity index (χ2v) is 10.4. The minimum atomic E-state index is -0.830. The standard InChI is InChI=1S/C30H26BrNO5/c1-17(2)16-36-22-11-9-21(10-12-22)32-27(23-7-5-4-6-18(23)3)26(29(34)30(32)35)28(33)25-15-19-14-20(31)8-13-24(19)37-25/h4-15,17,27,34H,16H2,1-3H3. The molecule has 0 aliphatic carbocycles. The molecule has 2 heterocycles.